The van der Waals surface area contributed by atoms with Gasteiger partial charge in [-0.15, -0.1) is 0 Å². The van der Waals surface area contributed by atoms with Gasteiger partial charge in [0.2, 0.25) is 5.88 Å². The molecule has 0 spiro atoms. The van der Waals surface area contributed by atoms with Crippen LogP contribution < -0.4 is 15.2 Å². The first kappa shape index (κ1) is 31.1. The van der Waals surface area contributed by atoms with Crippen LogP contribution in [0.15, 0.2) is 72.8 Å². The van der Waals surface area contributed by atoms with Gasteiger partial charge in [0.25, 0.3) is 17.7 Å². The van der Waals surface area contributed by atoms with Crippen LogP contribution in [0.25, 0.3) is 0 Å². The van der Waals surface area contributed by atoms with E-state index in [0.29, 0.717) is 22.6 Å². The minimum Gasteiger partial charge on any atom is -0.488 e. The maximum Gasteiger partial charge on any atom is 0.416 e. The Bertz CT molecular complexity index is 1750. The lowest BCUT2D eigenvalue weighted by molar-refractivity contribution is -0.137. The lowest BCUT2D eigenvalue weighted by Gasteiger charge is -2.35. The van der Waals surface area contributed by atoms with Gasteiger partial charge in [0.05, 0.1) is 16.8 Å². The molecule has 0 aliphatic carbocycles. The van der Waals surface area contributed by atoms with E-state index in [4.69, 9.17) is 15.2 Å². The van der Waals surface area contributed by atoms with Gasteiger partial charge in [-0.1, -0.05) is 30.3 Å². The van der Waals surface area contributed by atoms with Crippen molar-refractivity contribution in [2.45, 2.75) is 19.7 Å². The summed E-state index contributed by atoms with van der Waals surface area (Å²) >= 11 is 0. The van der Waals surface area contributed by atoms with Crippen LogP contribution in [0.1, 0.15) is 47.9 Å². The first-order valence-corrected chi connectivity index (χ1v) is 14.0. The number of rotatable bonds is 8. The Morgan fingerprint density at radius 1 is 0.889 bits per heavy atom. The Morgan fingerprint density at radius 3 is 2.24 bits per heavy atom. The number of hydrogen-bond donors (Lipinski definition) is 1. The third-order valence-corrected chi connectivity index (χ3v) is 7.33. The van der Waals surface area contributed by atoms with E-state index in [1.54, 1.807) is 72.3 Å². The minimum atomic E-state index is -4.55. The quantitative estimate of drug-likeness (QED) is 0.302. The number of halogens is 3. The number of nitrogens with two attached hydrogens (primary N) is 1. The summed E-state index contributed by atoms with van der Waals surface area (Å²) in [6, 6.07) is 18.0. The minimum absolute atomic E-state index is 0.0211. The maximum absolute atomic E-state index is 13.6. The molecule has 1 fully saturated rings. The zero-order valence-electron chi connectivity index (χ0n) is 24.5. The van der Waals surface area contributed by atoms with Gasteiger partial charge in [-0.3, -0.25) is 14.4 Å². The number of aromatic nitrogens is 2. The molecule has 0 bridgehead atoms. The van der Waals surface area contributed by atoms with Crippen LogP contribution >= 0.6 is 0 Å². The molecule has 2 N–H and O–H groups in total. The first-order valence-electron chi connectivity index (χ1n) is 14.0. The molecular formula is C32H30F3N5O5. The molecular weight excluding hydrogens is 591 g/mol. The number of para-hydroxylation sites is 1. The standard InChI is InChI=1S/C32H30F3N5O5/c1-20-27(31(38(2)37-20)45-24-10-6-9-23(18-24)32(33,34)35)30(43)40-15-13-39(14-16-40)29(42)22-8-5-7-21(17-22)19-44-26-12-4-3-11-25(26)28(36)41/h3-12,17-18H,13-16,19H2,1-2H3,(H2,36,41). The number of alkyl halides is 3. The fourth-order valence-corrected chi connectivity index (χ4v) is 5.05. The van der Waals surface area contributed by atoms with E-state index in [9.17, 15) is 27.6 Å². The topological polar surface area (TPSA) is 120 Å². The lowest BCUT2D eigenvalue weighted by atomic mass is 10.1. The number of hydrogen-bond acceptors (Lipinski definition) is 6. The van der Waals surface area contributed by atoms with Crippen LogP contribution in [0, 0.1) is 6.92 Å². The molecule has 1 aromatic heterocycles. The van der Waals surface area contributed by atoms with Crippen molar-refractivity contribution in [1.29, 1.82) is 0 Å². The highest BCUT2D eigenvalue weighted by Gasteiger charge is 2.33. The molecule has 45 heavy (non-hydrogen) atoms. The predicted octanol–water partition coefficient (Wildman–Crippen LogP) is 4.82. The number of piperazine rings is 1. The highest BCUT2D eigenvalue weighted by Crippen LogP contribution is 2.34. The van der Waals surface area contributed by atoms with Gasteiger partial charge in [0.1, 0.15) is 23.7 Å². The Labute approximate surface area is 256 Å². The molecule has 0 radical (unpaired) electrons. The molecule has 3 aromatic carbocycles. The Balaban J connectivity index is 1.23. The van der Waals surface area contributed by atoms with Crippen molar-refractivity contribution in [3.8, 4) is 17.4 Å². The van der Waals surface area contributed by atoms with Crippen molar-refractivity contribution >= 4 is 17.7 Å². The molecule has 3 amide bonds. The molecule has 4 aromatic rings. The summed E-state index contributed by atoms with van der Waals surface area (Å²) in [4.78, 5) is 41.8. The summed E-state index contributed by atoms with van der Waals surface area (Å²) in [5.41, 5.74) is 6.46. The normalized spacial score (nSPS) is 13.4. The second-order valence-electron chi connectivity index (χ2n) is 10.5. The van der Waals surface area contributed by atoms with Crippen LogP contribution in [0.4, 0.5) is 13.2 Å². The van der Waals surface area contributed by atoms with E-state index in [1.807, 2.05) is 0 Å². The van der Waals surface area contributed by atoms with E-state index in [-0.39, 0.29) is 61.4 Å². The van der Waals surface area contributed by atoms with Crippen LogP contribution in [0.3, 0.4) is 0 Å². The van der Waals surface area contributed by atoms with Gasteiger partial charge in [-0.2, -0.15) is 18.3 Å². The van der Waals surface area contributed by atoms with Crippen LogP contribution in [-0.2, 0) is 19.8 Å². The second kappa shape index (κ2) is 12.7. The molecule has 0 atom stereocenters. The SMILES string of the molecule is Cc1nn(C)c(Oc2cccc(C(F)(F)F)c2)c1C(=O)N1CCN(C(=O)c2cccc(COc3ccccc3C(N)=O)c2)CC1. The van der Waals surface area contributed by atoms with Crippen molar-refractivity contribution < 1.29 is 37.0 Å². The summed E-state index contributed by atoms with van der Waals surface area (Å²) in [7, 11) is 1.54. The molecule has 2 heterocycles. The number of aryl methyl sites for hydroxylation is 2. The van der Waals surface area contributed by atoms with Crippen molar-refractivity contribution in [2.24, 2.45) is 12.8 Å². The number of ether oxygens (including phenoxy) is 2. The molecule has 13 heteroatoms. The Morgan fingerprint density at radius 2 is 1.56 bits per heavy atom. The van der Waals surface area contributed by atoms with E-state index in [2.05, 4.69) is 5.10 Å². The highest BCUT2D eigenvalue weighted by atomic mass is 19.4. The highest BCUT2D eigenvalue weighted by molar-refractivity contribution is 5.98. The van der Waals surface area contributed by atoms with Crippen molar-refractivity contribution in [3.05, 3.63) is 106 Å². The smallest absolute Gasteiger partial charge is 0.416 e. The fourth-order valence-electron chi connectivity index (χ4n) is 5.05. The molecule has 1 saturated heterocycles. The van der Waals surface area contributed by atoms with Crippen LogP contribution in [0.5, 0.6) is 17.4 Å². The van der Waals surface area contributed by atoms with Gasteiger partial charge in [-0.05, 0) is 55.0 Å². The fraction of sp³-hybridized carbons (Fsp3) is 0.250. The number of amides is 3. The number of carbonyl (C=O) groups excluding carboxylic acids is 3. The monoisotopic (exact) mass is 621 g/mol. The van der Waals surface area contributed by atoms with Gasteiger partial charge in [0, 0.05) is 38.8 Å². The van der Waals surface area contributed by atoms with Crippen molar-refractivity contribution in [2.75, 3.05) is 26.2 Å². The number of carbonyl (C=O) groups is 3. The molecule has 234 valence electrons. The van der Waals surface area contributed by atoms with Crippen LogP contribution in [-0.4, -0.2) is 63.5 Å². The van der Waals surface area contributed by atoms with E-state index >= 15 is 0 Å². The summed E-state index contributed by atoms with van der Waals surface area (Å²) in [6.07, 6.45) is -4.55. The largest absolute Gasteiger partial charge is 0.488 e. The average Bonchev–Trinajstić information content (AvgIpc) is 3.31. The van der Waals surface area contributed by atoms with E-state index in [0.717, 1.165) is 12.1 Å². The van der Waals surface area contributed by atoms with E-state index < -0.39 is 23.6 Å². The molecule has 1 aliphatic heterocycles. The summed E-state index contributed by atoms with van der Waals surface area (Å²) < 4.78 is 52.5. The van der Waals surface area contributed by atoms with Gasteiger partial charge in [0.15, 0.2) is 0 Å². The molecule has 5 rings (SSSR count). The first-order chi connectivity index (χ1) is 21.4. The van der Waals surface area contributed by atoms with Gasteiger partial charge in [-0.25, -0.2) is 4.68 Å². The predicted molar refractivity (Wildman–Crippen MR) is 157 cm³/mol. The number of benzene rings is 3. The Hall–Kier alpha value is -5.33. The summed E-state index contributed by atoms with van der Waals surface area (Å²) in [5.74, 6) is -0.937. The molecule has 0 saturated carbocycles. The van der Waals surface area contributed by atoms with Crippen molar-refractivity contribution in [3.63, 3.8) is 0 Å². The molecule has 0 unspecified atom stereocenters. The van der Waals surface area contributed by atoms with Crippen molar-refractivity contribution in [1.82, 2.24) is 19.6 Å². The second-order valence-corrected chi connectivity index (χ2v) is 10.5. The Kier molecular flexibility index (Phi) is 8.80. The van der Waals surface area contributed by atoms with Gasteiger partial charge < -0.3 is 25.0 Å². The molecule has 10 nitrogen and oxygen atoms in total. The lowest BCUT2D eigenvalue weighted by Crippen LogP contribution is -2.50. The summed E-state index contributed by atoms with van der Waals surface area (Å²) in [6.45, 7) is 2.72. The summed E-state index contributed by atoms with van der Waals surface area (Å²) in [5, 5.41) is 4.26. The van der Waals surface area contributed by atoms with E-state index in [1.165, 1.54) is 16.8 Å². The maximum atomic E-state index is 13.6. The third kappa shape index (κ3) is 6.92. The zero-order valence-corrected chi connectivity index (χ0v) is 24.5. The third-order valence-electron chi connectivity index (χ3n) is 7.33. The number of nitrogens with zero attached hydrogens (tertiary/aromatic N) is 4. The molecule has 1 aliphatic rings. The average molecular weight is 622 g/mol. The van der Waals surface area contributed by atoms with Crippen LogP contribution in [0.2, 0.25) is 0 Å². The van der Waals surface area contributed by atoms with Gasteiger partial charge >= 0.3 is 6.18 Å². The zero-order chi connectivity index (χ0) is 32.3. The number of primary amides is 1.